The van der Waals surface area contributed by atoms with Crippen molar-refractivity contribution in [1.82, 2.24) is 0 Å². The number of aryl methyl sites for hydroxylation is 2. The summed E-state index contributed by atoms with van der Waals surface area (Å²) in [5.41, 5.74) is 3.02. The van der Waals surface area contributed by atoms with E-state index < -0.39 is 17.9 Å². The molecule has 0 heterocycles. The van der Waals surface area contributed by atoms with Gasteiger partial charge in [0.2, 0.25) is 0 Å². The van der Waals surface area contributed by atoms with Gasteiger partial charge in [0.15, 0.2) is 0 Å². The number of anilines is 2. The zero-order valence-corrected chi connectivity index (χ0v) is 18.6. The van der Waals surface area contributed by atoms with Gasteiger partial charge in [-0.2, -0.15) is 0 Å². The summed E-state index contributed by atoms with van der Waals surface area (Å²) in [7, 11) is 0. The van der Waals surface area contributed by atoms with E-state index in [1.807, 2.05) is 32.0 Å². The number of nitrogens with zero attached hydrogens (tertiary/aromatic N) is 1. The minimum absolute atomic E-state index is 0.180. The fraction of sp³-hybridized carbons (Fsp3) is 0.440. The molecule has 3 rings (SSSR count). The lowest BCUT2D eigenvalue weighted by molar-refractivity contribution is -0.142. The summed E-state index contributed by atoms with van der Waals surface area (Å²) in [5.74, 6) is -0.971. The Bertz CT molecular complexity index is 927. The van der Waals surface area contributed by atoms with Crippen LogP contribution in [-0.2, 0) is 14.3 Å². The number of ether oxygens (including phenoxy) is 2. The van der Waals surface area contributed by atoms with Crippen LogP contribution in [0.1, 0.15) is 36.8 Å². The Morgan fingerprint density at radius 3 is 2.38 bits per heavy atom. The summed E-state index contributed by atoms with van der Waals surface area (Å²) >= 11 is 0. The highest BCUT2D eigenvalue weighted by Crippen LogP contribution is 2.32. The predicted molar refractivity (Wildman–Crippen MR) is 120 cm³/mol. The van der Waals surface area contributed by atoms with Crippen LogP contribution in [0, 0.1) is 31.5 Å². The molecule has 1 fully saturated rings. The highest BCUT2D eigenvalue weighted by Gasteiger charge is 2.26. The molecule has 0 aliphatic heterocycles. The third-order valence-electron chi connectivity index (χ3n) is 5.63. The lowest BCUT2D eigenvalue weighted by Gasteiger charge is -2.30. The quantitative estimate of drug-likeness (QED) is 0.573. The molecule has 1 N–H and O–H groups in total. The predicted octanol–water partition coefficient (Wildman–Crippen LogP) is 5.62. The lowest BCUT2D eigenvalue weighted by Crippen LogP contribution is -2.30. The molecule has 2 atom stereocenters. The van der Waals surface area contributed by atoms with E-state index in [4.69, 9.17) is 14.6 Å². The second-order valence-electron chi connectivity index (χ2n) is 8.55. The van der Waals surface area contributed by atoms with Gasteiger partial charge < -0.3 is 14.6 Å². The van der Waals surface area contributed by atoms with Crippen LogP contribution in [0.2, 0.25) is 0 Å². The van der Waals surface area contributed by atoms with E-state index in [0.29, 0.717) is 18.0 Å². The number of rotatable bonds is 8. The van der Waals surface area contributed by atoms with E-state index >= 15 is 0 Å². The lowest BCUT2D eigenvalue weighted by atomic mass is 9.82. The maximum atomic E-state index is 13.9. The second-order valence-corrected chi connectivity index (χ2v) is 8.55. The van der Waals surface area contributed by atoms with E-state index in [2.05, 4.69) is 0 Å². The zero-order chi connectivity index (χ0) is 23.1. The minimum atomic E-state index is -0.977. The van der Waals surface area contributed by atoms with Gasteiger partial charge in [-0.25, -0.2) is 18.9 Å². The molecule has 2 unspecified atom stereocenters. The molecule has 2 aromatic carbocycles. The van der Waals surface area contributed by atoms with Crippen molar-refractivity contribution in [2.24, 2.45) is 11.8 Å². The molecule has 1 aliphatic carbocycles. The first-order valence-electron chi connectivity index (χ1n) is 10.9. The van der Waals surface area contributed by atoms with Crippen molar-refractivity contribution in [3.05, 3.63) is 59.4 Å². The largest absolute Gasteiger partial charge is 0.480 e. The van der Waals surface area contributed by atoms with E-state index in [0.717, 1.165) is 36.8 Å². The number of hydrogen-bond acceptors (Lipinski definition) is 4. The first-order valence-corrected chi connectivity index (χ1v) is 10.9. The summed E-state index contributed by atoms with van der Waals surface area (Å²) in [6.45, 7) is 4.24. The molecular formula is C25H30FNO5. The summed E-state index contributed by atoms with van der Waals surface area (Å²) in [5, 5.41) is 8.72. The number of aliphatic carboxylic acids is 1. The van der Waals surface area contributed by atoms with Crippen molar-refractivity contribution in [2.75, 3.05) is 24.7 Å². The summed E-state index contributed by atoms with van der Waals surface area (Å²) in [6.07, 6.45) is 3.16. The number of amides is 1. The molecule has 1 saturated carbocycles. The molecule has 2 aromatic rings. The molecule has 7 heteroatoms. The van der Waals surface area contributed by atoms with Crippen LogP contribution in [0.25, 0.3) is 0 Å². The van der Waals surface area contributed by atoms with Gasteiger partial charge in [0.1, 0.15) is 12.4 Å². The topological polar surface area (TPSA) is 76.1 Å². The molecular weight excluding hydrogens is 413 g/mol. The van der Waals surface area contributed by atoms with Crippen LogP contribution in [0.4, 0.5) is 20.6 Å². The zero-order valence-electron chi connectivity index (χ0n) is 18.6. The third-order valence-corrected chi connectivity index (χ3v) is 5.63. The molecule has 0 saturated heterocycles. The number of carbonyl (C=O) groups is 2. The van der Waals surface area contributed by atoms with Gasteiger partial charge in [0.05, 0.1) is 24.6 Å². The monoisotopic (exact) mass is 443 g/mol. The summed E-state index contributed by atoms with van der Waals surface area (Å²) in [6, 6.07) is 11.6. The molecule has 172 valence electrons. The smallest absolute Gasteiger partial charge is 0.418 e. The highest BCUT2D eigenvalue weighted by molar-refractivity contribution is 5.96. The van der Waals surface area contributed by atoms with Gasteiger partial charge in [0.25, 0.3) is 0 Å². The average Bonchev–Trinajstić information content (AvgIpc) is 2.72. The van der Waals surface area contributed by atoms with Gasteiger partial charge >= 0.3 is 12.1 Å². The number of carboxylic acid groups (broad SMARTS) is 1. The van der Waals surface area contributed by atoms with Crippen LogP contribution in [0.3, 0.4) is 0 Å². The van der Waals surface area contributed by atoms with Crippen LogP contribution in [-0.4, -0.2) is 37.0 Å². The van der Waals surface area contributed by atoms with Gasteiger partial charge in [-0.1, -0.05) is 18.6 Å². The number of carbonyl (C=O) groups excluding carboxylic acids is 1. The van der Waals surface area contributed by atoms with Crippen LogP contribution in [0.15, 0.2) is 42.5 Å². The van der Waals surface area contributed by atoms with Crippen molar-refractivity contribution in [3.8, 4) is 0 Å². The first-order chi connectivity index (χ1) is 15.3. The SMILES string of the molecule is Cc1cc(C)cc(N(C(=O)OCC2CCCC(COCC(=O)O)C2)c2cccc(F)c2)c1. The second kappa shape index (κ2) is 11.1. The Morgan fingerprint density at radius 2 is 1.72 bits per heavy atom. The van der Waals surface area contributed by atoms with Gasteiger partial charge in [-0.15, -0.1) is 0 Å². The normalized spacial score (nSPS) is 18.2. The Labute approximate surface area is 187 Å². The fourth-order valence-electron chi connectivity index (χ4n) is 4.33. The van der Waals surface area contributed by atoms with E-state index in [-0.39, 0.29) is 25.0 Å². The Kier molecular flexibility index (Phi) is 8.22. The number of halogens is 1. The van der Waals surface area contributed by atoms with Crippen LogP contribution in [0.5, 0.6) is 0 Å². The number of carboxylic acids is 1. The molecule has 0 spiro atoms. The first kappa shape index (κ1) is 23.7. The fourth-order valence-corrected chi connectivity index (χ4v) is 4.33. The Balaban J connectivity index is 1.68. The van der Waals surface area contributed by atoms with Crippen molar-refractivity contribution in [1.29, 1.82) is 0 Å². The van der Waals surface area contributed by atoms with Gasteiger partial charge in [0, 0.05) is 0 Å². The minimum Gasteiger partial charge on any atom is -0.480 e. The highest BCUT2D eigenvalue weighted by atomic mass is 19.1. The maximum Gasteiger partial charge on any atom is 0.418 e. The standard InChI is InChI=1S/C25H30FNO5/c1-17-9-18(2)11-23(10-17)27(22-8-4-7-21(26)13-22)25(30)32-15-20-6-3-5-19(12-20)14-31-16-24(28)29/h4,7-11,13,19-20H,3,5-6,12,14-16H2,1-2H3,(H,28,29). The molecule has 0 bridgehead atoms. The third kappa shape index (κ3) is 6.79. The molecule has 0 aromatic heterocycles. The average molecular weight is 444 g/mol. The van der Waals surface area contributed by atoms with Crippen molar-refractivity contribution in [2.45, 2.75) is 39.5 Å². The van der Waals surface area contributed by atoms with Crippen molar-refractivity contribution < 1.29 is 28.6 Å². The van der Waals surface area contributed by atoms with Crippen molar-refractivity contribution >= 4 is 23.4 Å². The van der Waals surface area contributed by atoms with Gasteiger partial charge in [-0.05, 0) is 86.4 Å². The van der Waals surface area contributed by atoms with Crippen LogP contribution < -0.4 is 4.90 Å². The molecule has 6 nitrogen and oxygen atoms in total. The van der Waals surface area contributed by atoms with E-state index in [9.17, 15) is 14.0 Å². The Morgan fingerprint density at radius 1 is 1.03 bits per heavy atom. The molecule has 32 heavy (non-hydrogen) atoms. The maximum absolute atomic E-state index is 13.9. The van der Waals surface area contributed by atoms with E-state index in [1.165, 1.54) is 17.0 Å². The molecule has 1 amide bonds. The molecule has 1 aliphatic rings. The Hall–Kier alpha value is -2.93. The van der Waals surface area contributed by atoms with E-state index in [1.54, 1.807) is 12.1 Å². The van der Waals surface area contributed by atoms with Crippen LogP contribution >= 0.6 is 0 Å². The van der Waals surface area contributed by atoms with Crippen molar-refractivity contribution in [3.63, 3.8) is 0 Å². The van der Waals surface area contributed by atoms with Gasteiger partial charge in [-0.3, -0.25) is 0 Å². The summed E-state index contributed by atoms with van der Waals surface area (Å²) in [4.78, 5) is 25.2. The summed E-state index contributed by atoms with van der Waals surface area (Å²) < 4.78 is 24.8. The number of benzene rings is 2. The molecule has 0 radical (unpaired) electrons. The number of hydrogen-bond donors (Lipinski definition) is 1.